The zero-order valence-corrected chi connectivity index (χ0v) is 9.89. The number of ketones is 1. The first-order valence-electron chi connectivity index (χ1n) is 5.89. The molecule has 0 aliphatic heterocycles. The molecule has 0 spiro atoms. The smallest absolute Gasteiger partial charge is 0.309 e. The van der Waals surface area contributed by atoms with Crippen LogP contribution in [0.3, 0.4) is 0 Å². The van der Waals surface area contributed by atoms with Gasteiger partial charge in [-0.1, -0.05) is 30.3 Å². The van der Waals surface area contributed by atoms with Crippen LogP contribution < -0.4 is 0 Å². The summed E-state index contributed by atoms with van der Waals surface area (Å²) >= 11 is 0. The lowest BCUT2D eigenvalue weighted by Crippen LogP contribution is -2.32. The van der Waals surface area contributed by atoms with Crippen LogP contribution >= 0.6 is 0 Å². The first-order valence-corrected chi connectivity index (χ1v) is 5.89. The highest BCUT2D eigenvalue weighted by atomic mass is 16.5. The Morgan fingerprint density at radius 2 is 2.00 bits per heavy atom. The molecule has 1 fully saturated rings. The fourth-order valence-corrected chi connectivity index (χ4v) is 2.53. The van der Waals surface area contributed by atoms with Gasteiger partial charge in [0.05, 0.1) is 18.9 Å². The van der Waals surface area contributed by atoms with Crippen molar-refractivity contribution in [2.45, 2.75) is 25.2 Å². The molecule has 0 saturated heterocycles. The number of hydrogen-bond acceptors (Lipinski definition) is 3. The van der Waals surface area contributed by atoms with Gasteiger partial charge in [0.25, 0.3) is 0 Å². The van der Waals surface area contributed by atoms with E-state index < -0.39 is 0 Å². The number of ether oxygens (including phenoxy) is 1. The third kappa shape index (κ3) is 2.38. The van der Waals surface area contributed by atoms with Crippen molar-refractivity contribution in [2.24, 2.45) is 5.92 Å². The number of methoxy groups -OCH3 is 1. The molecule has 17 heavy (non-hydrogen) atoms. The molecule has 1 aromatic carbocycles. The van der Waals surface area contributed by atoms with Crippen LogP contribution in [-0.2, 0) is 14.3 Å². The van der Waals surface area contributed by atoms with Crippen LogP contribution in [0.4, 0.5) is 0 Å². The molecule has 1 aromatic rings. The molecule has 3 heteroatoms. The number of hydrogen-bond donors (Lipinski definition) is 0. The Balaban J connectivity index is 2.31. The van der Waals surface area contributed by atoms with Crippen LogP contribution in [0.15, 0.2) is 30.3 Å². The van der Waals surface area contributed by atoms with Gasteiger partial charge in [-0.2, -0.15) is 0 Å². The van der Waals surface area contributed by atoms with Crippen molar-refractivity contribution in [2.75, 3.05) is 7.11 Å². The summed E-state index contributed by atoms with van der Waals surface area (Å²) in [7, 11) is 1.38. The van der Waals surface area contributed by atoms with Crippen molar-refractivity contribution in [3.63, 3.8) is 0 Å². The maximum Gasteiger partial charge on any atom is 0.309 e. The fourth-order valence-electron chi connectivity index (χ4n) is 2.53. The molecule has 3 nitrogen and oxygen atoms in total. The predicted octanol–water partition coefficient (Wildman–Crippen LogP) is 2.31. The van der Waals surface area contributed by atoms with E-state index in [1.165, 1.54) is 7.11 Å². The highest BCUT2D eigenvalue weighted by Gasteiger charge is 2.37. The van der Waals surface area contributed by atoms with Gasteiger partial charge in [-0.05, 0) is 18.4 Å². The van der Waals surface area contributed by atoms with Gasteiger partial charge in [-0.15, -0.1) is 0 Å². The molecule has 0 heterocycles. The Bertz CT molecular complexity index is 411. The summed E-state index contributed by atoms with van der Waals surface area (Å²) in [6, 6.07) is 9.51. The third-order valence-electron chi connectivity index (χ3n) is 3.35. The zero-order chi connectivity index (χ0) is 12.3. The van der Waals surface area contributed by atoms with E-state index in [9.17, 15) is 9.59 Å². The largest absolute Gasteiger partial charge is 0.469 e. The normalized spacial score (nSPS) is 24.4. The lowest BCUT2D eigenvalue weighted by molar-refractivity contribution is -0.149. The first kappa shape index (κ1) is 11.8. The summed E-state index contributed by atoms with van der Waals surface area (Å²) in [5.74, 6) is -0.759. The topological polar surface area (TPSA) is 43.4 Å². The highest BCUT2D eigenvalue weighted by molar-refractivity contribution is 5.92. The SMILES string of the molecule is COC(=O)C1CCCC(=O)C1c1ccccc1. The van der Waals surface area contributed by atoms with Gasteiger partial charge in [-0.25, -0.2) is 0 Å². The first-order chi connectivity index (χ1) is 8.24. The van der Waals surface area contributed by atoms with E-state index in [0.29, 0.717) is 6.42 Å². The Morgan fingerprint density at radius 3 is 2.65 bits per heavy atom. The Kier molecular flexibility index (Phi) is 3.57. The highest BCUT2D eigenvalue weighted by Crippen LogP contribution is 2.35. The summed E-state index contributed by atoms with van der Waals surface area (Å²) in [6.45, 7) is 0. The molecule has 2 atom stereocenters. The van der Waals surface area contributed by atoms with E-state index in [1.807, 2.05) is 30.3 Å². The van der Waals surface area contributed by atoms with Crippen molar-refractivity contribution < 1.29 is 14.3 Å². The standard InChI is InChI=1S/C14H16O3/c1-17-14(16)11-8-5-9-12(15)13(11)10-6-3-2-4-7-10/h2-4,6-7,11,13H,5,8-9H2,1H3. The fraction of sp³-hybridized carbons (Fsp3) is 0.429. The number of esters is 1. The number of rotatable bonds is 2. The molecule has 1 aliphatic carbocycles. The second-order valence-corrected chi connectivity index (χ2v) is 4.38. The van der Waals surface area contributed by atoms with E-state index >= 15 is 0 Å². The van der Waals surface area contributed by atoms with Crippen LogP contribution in [0.25, 0.3) is 0 Å². The van der Waals surface area contributed by atoms with E-state index in [1.54, 1.807) is 0 Å². The van der Waals surface area contributed by atoms with Crippen LogP contribution in [0, 0.1) is 5.92 Å². The van der Waals surface area contributed by atoms with Gasteiger partial charge in [0.1, 0.15) is 5.78 Å². The van der Waals surface area contributed by atoms with Gasteiger partial charge in [0.2, 0.25) is 0 Å². The van der Waals surface area contributed by atoms with Gasteiger partial charge < -0.3 is 4.74 Å². The van der Waals surface area contributed by atoms with Crippen molar-refractivity contribution in [3.05, 3.63) is 35.9 Å². The quantitative estimate of drug-likeness (QED) is 0.735. The van der Waals surface area contributed by atoms with Crippen LogP contribution in [-0.4, -0.2) is 18.9 Å². The summed E-state index contributed by atoms with van der Waals surface area (Å²) in [5, 5.41) is 0. The Morgan fingerprint density at radius 1 is 1.29 bits per heavy atom. The lowest BCUT2D eigenvalue weighted by atomic mass is 9.74. The third-order valence-corrected chi connectivity index (χ3v) is 3.35. The van der Waals surface area contributed by atoms with Crippen molar-refractivity contribution in [3.8, 4) is 0 Å². The summed E-state index contributed by atoms with van der Waals surface area (Å²) in [4.78, 5) is 23.7. The molecule has 1 saturated carbocycles. The summed E-state index contributed by atoms with van der Waals surface area (Å²) in [6.07, 6.45) is 2.08. The van der Waals surface area contributed by atoms with Crippen molar-refractivity contribution in [1.29, 1.82) is 0 Å². The van der Waals surface area contributed by atoms with Crippen molar-refractivity contribution >= 4 is 11.8 Å². The van der Waals surface area contributed by atoms with Gasteiger partial charge in [0.15, 0.2) is 0 Å². The molecule has 0 aromatic heterocycles. The molecule has 90 valence electrons. The summed E-state index contributed by atoms with van der Waals surface area (Å²) in [5.41, 5.74) is 0.924. The minimum absolute atomic E-state index is 0.151. The number of Topliss-reactive ketones (excluding diaryl/α,β-unsaturated/α-hetero) is 1. The van der Waals surface area contributed by atoms with E-state index in [-0.39, 0.29) is 23.6 Å². The van der Waals surface area contributed by atoms with E-state index in [4.69, 9.17) is 4.74 Å². The minimum atomic E-state index is -0.322. The number of benzene rings is 1. The van der Waals surface area contributed by atoms with Crippen molar-refractivity contribution in [1.82, 2.24) is 0 Å². The average Bonchev–Trinajstić information content (AvgIpc) is 2.38. The molecule has 2 unspecified atom stereocenters. The lowest BCUT2D eigenvalue weighted by Gasteiger charge is -2.28. The predicted molar refractivity (Wildman–Crippen MR) is 63.5 cm³/mol. The van der Waals surface area contributed by atoms with Gasteiger partial charge in [-0.3, -0.25) is 9.59 Å². The monoisotopic (exact) mass is 232 g/mol. The zero-order valence-electron chi connectivity index (χ0n) is 9.89. The van der Waals surface area contributed by atoms with E-state index in [0.717, 1.165) is 18.4 Å². The van der Waals surface area contributed by atoms with Gasteiger partial charge >= 0.3 is 5.97 Å². The molecule has 0 N–H and O–H groups in total. The van der Waals surface area contributed by atoms with Crippen LogP contribution in [0.5, 0.6) is 0 Å². The molecule has 0 radical (unpaired) electrons. The molecular formula is C14H16O3. The van der Waals surface area contributed by atoms with Crippen LogP contribution in [0.2, 0.25) is 0 Å². The molecule has 1 aliphatic rings. The molecule has 2 rings (SSSR count). The average molecular weight is 232 g/mol. The molecular weight excluding hydrogens is 216 g/mol. The maximum atomic E-state index is 12.0. The number of carbonyl (C=O) groups excluding carboxylic acids is 2. The maximum absolute atomic E-state index is 12.0. The molecule has 0 amide bonds. The second-order valence-electron chi connectivity index (χ2n) is 4.38. The van der Waals surface area contributed by atoms with Gasteiger partial charge in [0, 0.05) is 6.42 Å². The Hall–Kier alpha value is -1.64. The summed E-state index contributed by atoms with van der Waals surface area (Å²) < 4.78 is 4.80. The van der Waals surface area contributed by atoms with Crippen LogP contribution in [0.1, 0.15) is 30.7 Å². The molecule has 0 bridgehead atoms. The second kappa shape index (κ2) is 5.13. The number of carbonyl (C=O) groups is 2. The minimum Gasteiger partial charge on any atom is -0.469 e. The Labute approximate surface area is 101 Å². The van der Waals surface area contributed by atoms with E-state index in [2.05, 4.69) is 0 Å².